The first-order valence-electron chi connectivity index (χ1n) is 65.1. The highest BCUT2D eigenvalue weighted by Crippen LogP contribution is 2.65. The third-order valence-corrected chi connectivity index (χ3v) is 43.0. The van der Waals surface area contributed by atoms with Gasteiger partial charge in [-0.25, -0.2) is 0 Å². The first kappa shape index (κ1) is 80.0. The molecule has 0 N–H and O–H groups in total. The van der Waals surface area contributed by atoms with Crippen LogP contribution in [0.2, 0.25) is 0 Å². The Kier molecular flexibility index (Phi) is 23.0. The minimum absolute atomic E-state index is 0.0648. The third kappa shape index (κ3) is 17.1. The van der Waals surface area contributed by atoms with E-state index in [4.69, 9.17) is 56.5 Å². The Morgan fingerprint density at radius 2 is 0.482 bits per heavy atom. The standard InChI is InChI=1S/C19H27NO.6C18H25NO/c1-3-21-15-8-7-14-12-18-16-6-4-5-9-19(16,17(14)13-15)10-11-20(18)2;6*1-19-10-9-18-8-4-3-5-15(18)17(19)11-13-6-7-14(20-2)12-16(13)18/h7-8,13,16,18H,3-6,9-12H2,1-2H3;6*6-7,12,15,17H,3-5,8-11H2,1-2H3/t16?,18-,19-;6*15?,17-,18-/m0000000/s1/i3D;1D3,2D;2*2D3;1D3;1D2;1D/t3?,16?,18-,19-;6m. The van der Waals surface area contributed by atoms with E-state index in [1.807, 2.05) is 41.3 Å². The third-order valence-electron chi connectivity index (χ3n) is 43.0. The molecule has 28 rings (SSSR count). The number of benzene rings is 7. The maximum absolute atomic E-state index is 7.95. The number of fused-ring (bicyclic) bond motifs is 7. The van der Waals surface area contributed by atoms with Crippen LogP contribution in [-0.4, -0.2) is 221 Å². The Bertz CT molecular complexity index is 6120. The van der Waals surface area contributed by atoms with Gasteiger partial charge in [0.1, 0.15) is 40.2 Å². The van der Waals surface area contributed by atoms with Gasteiger partial charge >= 0.3 is 0 Å². The second kappa shape index (κ2) is 40.5. The van der Waals surface area contributed by atoms with E-state index in [9.17, 15) is 0 Å². The van der Waals surface area contributed by atoms with Gasteiger partial charge in [0.15, 0.2) is 0 Å². The molecule has 0 radical (unpaired) electrons. The van der Waals surface area contributed by atoms with E-state index in [-0.39, 0.29) is 46.2 Å². The number of likely N-dealkylation sites (tertiary alicyclic amines) is 7. The molecule has 0 spiro atoms. The molecule has 7 heterocycles. The van der Waals surface area contributed by atoms with Crippen LogP contribution in [0.3, 0.4) is 0 Å². The summed E-state index contributed by atoms with van der Waals surface area (Å²) in [6.07, 6.45) is 51.0. The maximum Gasteiger partial charge on any atom is 0.119 e. The van der Waals surface area contributed by atoms with Crippen LogP contribution in [-0.2, 0) is 82.9 Å². The summed E-state index contributed by atoms with van der Waals surface area (Å²) >= 11 is 0. The molecule has 14 aliphatic carbocycles. The van der Waals surface area contributed by atoms with Crippen molar-refractivity contribution >= 4 is 0 Å². The zero-order valence-corrected chi connectivity index (χ0v) is 86.4. The van der Waals surface area contributed by atoms with Crippen molar-refractivity contribution in [2.75, 3.05) is 144 Å². The maximum atomic E-state index is 7.95. The zero-order valence-electron chi connectivity index (χ0n) is 103. The molecule has 14 fully saturated rings. The van der Waals surface area contributed by atoms with Gasteiger partial charge in [0.05, 0.1) is 60.0 Å². The average Bonchev–Trinajstić information content (AvgIpc) is 0.705. The number of likely N-dealkylation sites (N-methyl/N-ethyl adjacent to an activating group) is 7. The van der Waals surface area contributed by atoms with Crippen molar-refractivity contribution in [1.29, 1.82) is 0 Å². The van der Waals surface area contributed by atoms with Crippen molar-refractivity contribution in [2.24, 2.45) is 41.4 Å². The lowest BCUT2D eigenvalue weighted by molar-refractivity contribution is 0.00270. The fourth-order valence-electron chi connectivity index (χ4n) is 36.4. The summed E-state index contributed by atoms with van der Waals surface area (Å²) in [4.78, 5) is 15.8. The molecule has 14 nitrogen and oxygen atoms in total. The number of ether oxygens (including phenoxy) is 7. The predicted molar refractivity (Wildman–Crippen MR) is 574 cm³/mol. The molecule has 762 valence electrons. The first-order chi connectivity index (χ1) is 75.7. The summed E-state index contributed by atoms with van der Waals surface area (Å²) in [5.74, 6) is 10.1. The van der Waals surface area contributed by atoms with Gasteiger partial charge in [-0.1, -0.05) is 132 Å². The van der Waals surface area contributed by atoms with Crippen molar-refractivity contribution in [3.8, 4) is 40.2 Å². The number of hydrogen-bond acceptors (Lipinski definition) is 14. The van der Waals surface area contributed by atoms with Crippen LogP contribution in [0.25, 0.3) is 0 Å². The fourth-order valence-corrected chi connectivity index (χ4v) is 36.4. The lowest BCUT2D eigenvalue weighted by atomic mass is 9.52. The monoisotopic (exact) mass is 1930 g/mol. The molecule has 22 atom stereocenters. The van der Waals surface area contributed by atoms with Gasteiger partial charge in [0.25, 0.3) is 0 Å². The average molecular weight is 1930 g/mol. The number of nitrogens with zero attached hydrogens (tertiary/aromatic N) is 7. The summed E-state index contributed by atoms with van der Waals surface area (Å²) in [7, 11) is 7.73. The van der Waals surface area contributed by atoms with Gasteiger partial charge in [-0.3, -0.25) is 0 Å². The van der Waals surface area contributed by atoms with Crippen molar-refractivity contribution in [3.63, 3.8) is 0 Å². The second-order valence-electron chi connectivity index (χ2n) is 48.1. The highest BCUT2D eigenvalue weighted by Gasteiger charge is 2.61. The minimum atomic E-state index is -2.37. The molecule has 7 aromatic carbocycles. The van der Waals surface area contributed by atoms with E-state index in [0.29, 0.717) is 96.2 Å². The number of methoxy groups -OCH3 is 6. The lowest BCUT2D eigenvalue weighted by Crippen LogP contribution is -2.59. The quantitative estimate of drug-likeness (QED) is 0.145. The van der Waals surface area contributed by atoms with E-state index in [1.54, 1.807) is 44.3 Å². The Hall–Kier alpha value is -7.14. The Labute approximate surface area is 874 Å². The largest absolute Gasteiger partial charge is 0.497 e. The van der Waals surface area contributed by atoms with Crippen LogP contribution in [0.5, 0.6) is 40.2 Å². The molecule has 0 aromatic heterocycles. The molecule has 14 bridgehead atoms. The van der Waals surface area contributed by atoms with Crippen LogP contribution < -0.4 is 33.2 Å². The molecular formula is C127H177N7O7. The van der Waals surface area contributed by atoms with E-state index in [1.165, 1.54) is 266 Å². The Morgan fingerprint density at radius 1 is 0.262 bits per heavy atom. The van der Waals surface area contributed by atoms with Gasteiger partial charge in [-0.15, -0.1) is 0 Å². The van der Waals surface area contributed by atoms with Crippen molar-refractivity contribution in [3.05, 3.63) is 205 Å². The van der Waals surface area contributed by atoms with E-state index < -0.39 is 41.6 Å². The SMILES string of the molecule is [2H]C(C)Oc1ccc2c(c1)[C@]13CCCCC1[C@H](C2)N(C)CC3.[2H]C([2H])([2H])N1CC[C@@]23CCCCC2[C@@H]1Cc1ccc(OC)cc13.[2H]C([2H])([2H])Oc1ccc2c(c1)[C@]13CCCCC1[C@H](C2)N(C)CC3.[2H]C([2H])([2H])Oc1ccc2c(c1)[C@]13CCCCC1[C@H](C2)N(C)CC3.[2H]C([2H])N1CC[C@@]23CCCCC2[C@@H]1Cc1ccc(OC)cc13.[2H]CN1CC[C@@]23CCCCC2[C@@H]1Cc1ccc(OC)cc13.[2H]COc1ccc2c(c1)[C@]13CCCCC1[C@H](C2)N(C([2H])([2H])[2H])CC3. The molecule has 7 aliphatic heterocycles. The number of hydrogen-bond donors (Lipinski definition) is 0. The summed E-state index contributed by atoms with van der Waals surface area (Å²) in [6, 6.07) is 47.7. The molecule has 0 amide bonds. The van der Waals surface area contributed by atoms with Crippen LogP contribution in [0, 0.1) is 41.4 Å². The van der Waals surface area contributed by atoms with Crippen LogP contribution in [0.4, 0.5) is 0 Å². The van der Waals surface area contributed by atoms with Crippen LogP contribution >= 0.6 is 0 Å². The highest BCUT2D eigenvalue weighted by molar-refractivity contribution is 5.54. The number of rotatable bonds is 8. The molecule has 141 heavy (non-hydrogen) atoms. The molecular weight excluding hydrogens is 1740 g/mol. The second-order valence-corrected chi connectivity index (χ2v) is 48.1. The molecule has 7 saturated heterocycles. The zero-order chi connectivity index (χ0) is 111. The van der Waals surface area contributed by atoms with Crippen LogP contribution in [0.15, 0.2) is 127 Å². The summed E-state index contributed by atoms with van der Waals surface area (Å²) in [5.41, 5.74) is 21.9. The van der Waals surface area contributed by atoms with Gasteiger partial charge < -0.3 is 67.5 Å². The van der Waals surface area contributed by atoms with E-state index in [2.05, 4.69) is 137 Å². The molecule has 8 unspecified atom stereocenters. The molecule has 14 heteroatoms. The smallest absolute Gasteiger partial charge is 0.119 e. The minimum Gasteiger partial charge on any atom is -0.497 e. The van der Waals surface area contributed by atoms with Crippen LogP contribution in [0.1, 0.15) is 333 Å². The summed E-state index contributed by atoms with van der Waals surface area (Å²) < 4.78 is 168. The Morgan fingerprint density at radius 3 is 0.723 bits per heavy atom. The highest BCUT2D eigenvalue weighted by atomic mass is 16.5. The predicted octanol–water partition coefficient (Wildman–Crippen LogP) is 24.1. The first-order valence-corrected chi connectivity index (χ1v) is 56.0. The Balaban J connectivity index is 0.000000103. The lowest BCUT2D eigenvalue weighted by Gasteiger charge is -2.58. The van der Waals surface area contributed by atoms with E-state index in [0.717, 1.165) is 150 Å². The van der Waals surface area contributed by atoms with Gasteiger partial charge in [-0.2, -0.15) is 0 Å². The topological polar surface area (TPSA) is 87.3 Å². The van der Waals surface area contributed by atoms with Gasteiger partial charge in [0, 0.05) is 92.5 Å². The van der Waals surface area contributed by atoms with Crippen molar-refractivity contribution in [1.82, 2.24) is 34.3 Å². The molecule has 7 saturated carbocycles. The molecule has 7 aromatic rings. The molecule has 21 aliphatic rings. The van der Waals surface area contributed by atoms with Gasteiger partial charge in [-0.05, 0) is 486 Å². The van der Waals surface area contributed by atoms with Crippen molar-refractivity contribution in [2.45, 2.75) is 357 Å². The van der Waals surface area contributed by atoms with Gasteiger partial charge in [0.2, 0.25) is 0 Å². The summed E-state index contributed by atoms with van der Waals surface area (Å²) in [5, 5.41) is 0. The normalized spacial score (nSPS) is 38.3. The van der Waals surface area contributed by atoms with Crippen molar-refractivity contribution < 1.29 is 56.5 Å². The van der Waals surface area contributed by atoms with E-state index >= 15 is 0 Å². The summed E-state index contributed by atoms with van der Waals surface area (Å²) in [6.45, 7) is 3.34. The fraction of sp³-hybridized carbons (Fsp3) is 0.669. The number of piperidine rings is 7.